The number of benzene rings is 1. The zero-order chi connectivity index (χ0) is 10.8. The quantitative estimate of drug-likeness (QED) is 0.734. The SMILES string of the molecule is O=C1CCCC(=O)N1c1cccc(Br)c1. The Hall–Kier alpha value is -1.16. The summed E-state index contributed by atoms with van der Waals surface area (Å²) in [5.74, 6) is -0.214. The van der Waals surface area contributed by atoms with Gasteiger partial charge in [-0.25, -0.2) is 0 Å². The van der Waals surface area contributed by atoms with E-state index in [2.05, 4.69) is 15.9 Å². The molecule has 0 saturated carbocycles. The minimum atomic E-state index is -0.107. The molecule has 4 heteroatoms. The third kappa shape index (κ3) is 2.09. The first kappa shape index (κ1) is 10.4. The number of hydrogen-bond donors (Lipinski definition) is 0. The molecule has 2 amide bonds. The first-order chi connectivity index (χ1) is 7.18. The summed E-state index contributed by atoms with van der Waals surface area (Å²) in [6.45, 7) is 0. The molecule has 15 heavy (non-hydrogen) atoms. The number of nitrogens with zero attached hydrogens (tertiary/aromatic N) is 1. The minimum Gasteiger partial charge on any atom is -0.274 e. The fourth-order valence-corrected chi connectivity index (χ4v) is 2.04. The summed E-state index contributed by atoms with van der Waals surface area (Å²) in [4.78, 5) is 24.5. The number of piperidine rings is 1. The van der Waals surface area contributed by atoms with Crippen molar-refractivity contribution in [2.24, 2.45) is 0 Å². The lowest BCUT2D eigenvalue weighted by Gasteiger charge is -2.24. The number of hydrogen-bond acceptors (Lipinski definition) is 2. The Kier molecular flexibility index (Phi) is 2.86. The summed E-state index contributed by atoms with van der Waals surface area (Å²) in [7, 11) is 0. The molecule has 0 N–H and O–H groups in total. The van der Waals surface area contributed by atoms with Crippen molar-refractivity contribution < 1.29 is 9.59 Å². The van der Waals surface area contributed by atoms with Gasteiger partial charge in [-0.05, 0) is 24.6 Å². The molecule has 0 radical (unpaired) electrons. The number of halogens is 1. The van der Waals surface area contributed by atoms with Crippen LogP contribution in [0.3, 0.4) is 0 Å². The summed E-state index contributed by atoms with van der Waals surface area (Å²) in [5, 5.41) is 0. The van der Waals surface area contributed by atoms with Crippen LogP contribution in [0.2, 0.25) is 0 Å². The largest absolute Gasteiger partial charge is 0.274 e. The average Bonchev–Trinajstić information content (AvgIpc) is 2.17. The molecule has 3 nitrogen and oxygen atoms in total. The summed E-state index contributed by atoms with van der Waals surface area (Å²) >= 11 is 3.32. The molecule has 1 saturated heterocycles. The highest BCUT2D eigenvalue weighted by molar-refractivity contribution is 9.10. The van der Waals surface area contributed by atoms with Crippen molar-refractivity contribution in [3.8, 4) is 0 Å². The molecule has 1 heterocycles. The van der Waals surface area contributed by atoms with Crippen LogP contribution in [-0.2, 0) is 9.59 Å². The Labute approximate surface area is 96.2 Å². The molecule has 1 aromatic rings. The molecule has 2 rings (SSSR count). The van der Waals surface area contributed by atoms with Crippen molar-refractivity contribution in [2.45, 2.75) is 19.3 Å². The molecular weight excluding hydrogens is 258 g/mol. The van der Waals surface area contributed by atoms with E-state index in [9.17, 15) is 9.59 Å². The molecule has 0 unspecified atom stereocenters. The molecule has 0 spiro atoms. The van der Waals surface area contributed by atoms with E-state index < -0.39 is 0 Å². The fourth-order valence-electron chi connectivity index (χ4n) is 1.66. The highest BCUT2D eigenvalue weighted by Gasteiger charge is 2.27. The second kappa shape index (κ2) is 4.14. The number of imide groups is 1. The van der Waals surface area contributed by atoms with E-state index in [0.717, 1.165) is 4.47 Å². The van der Waals surface area contributed by atoms with Gasteiger partial charge in [-0.3, -0.25) is 14.5 Å². The Morgan fingerprint density at radius 3 is 2.40 bits per heavy atom. The third-order valence-electron chi connectivity index (χ3n) is 2.35. The molecule has 0 bridgehead atoms. The van der Waals surface area contributed by atoms with Crippen LogP contribution in [0.4, 0.5) is 5.69 Å². The number of anilines is 1. The van der Waals surface area contributed by atoms with Crippen LogP contribution in [0, 0.1) is 0 Å². The molecule has 0 aromatic heterocycles. The Bertz CT molecular complexity index is 401. The minimum absolute atomic E-state index is 0.107. The van der Waals surface area contributed by atoms with Gasteiger partial charge in [0.2, 0.25) is 11.8 Å². The lowest BCUT2D eigenvalue weighted by molar-refractivity contribution is -0.129. The molecule has 1 fully saturated rings. The number of amides is 2. The van der Waals surface area contributed by atoms with E-state index >= 15 is 0 Å². The van der Waals surface area contributed by atoms with Crippen molar-refractivity contribution >= 4 is 33.4 Å². The van der Waals surface area contributed by atoms with Crippen molar-refractivity contribution in [2.75, 3.05) is 4.90 Å². The molecular formula is C11H10BrNO2. The second-order valence-electron chi connectivity index (χ2n) is 3.46. The van der Waals surface area contributed by atoms with Crippen LogP contribution < -0.4 is 4.90 Å². The third-order valence-corrected chi connectivity index (χ3v) is 2.84. The maximum absolute atomic E-state index is 11.6. The van der Waals surface area contributed by atoms with Crippen molar-refractivity contribution in [3.63, 3.8) is 0 Å². The van der Waals surface area contributed by atoms with E-state index in [1.54, 1.807) is 12.1 Å². The highest BCUT2D eigenvalue weighted by Crippen LogP contribution is 2.24. The highest BCUT2D eigenvalue weighted by atomic mass is 79.9. The Morgan fingerprint density at radius 1 is 1.13 bits per heavy atom. The first-order valence-corrected chi connectivity index (χ1v) is 5.59. The molecule has 0 atom stereocenters. The molecule has 1 aliphatic heterocycles. The van der Waals surface area contributed by atoms with Gasteiger partial charge < -0.3 is 0 Å². The van der Waals surface area contributed by atoms with Gasteiger partial charge in [-0.15, -0.1) is 0 Å². The van der Waals surface area contributed by atoms with Crippen LogP contribution in [0.15, 0.2) is 28.7 Å². The zero-order valence-electron chi connectivity index (χ0n) is 8.07. The van der Waals surface area contributed by atoms with Gasteiger partial charge >= 0.3 is 0 Å². The van der Waals surface area contributed by atoms with E-state index in [1.165, 1.54) is 4.90 Å². The predicted molar refractivity (Wildman–Crippen MR) is 60.5 cm³/mol. The number of carbonyl (C=O) groups is 2. The fraction of sp³-hybridized carbons (Fsp3) is 0.273. The van der Waals surface area contributed by atoms with E-state index in [0.29, 0.717) is 24.9 Å². The van der Waals surface area contributed by atoms with Crippen LogP contribution >= 0.6 is 15.9 Å². The number of carbonyl (C=O) groups excluding carboxylic acids is 2. The smallest absolute Gasteiger partial charge is 0.233 e. The van der Waals surface area contributed by atoms with Gasteiger partial charge in [0, 0.05) is 17.3 Å². The molecule has 78 valence electrons. The predicted octanol–water partition coefficient (Wildman–Crippen LogP) is 2.49. The number of rotatable bonds is 1. The van der Waals surface area contributed by atoms with E-state index in [1.807, 2.05) is 12.1 Å². The van der Waals surface area contributed by atoms with Crippen molar-refractivity contribution in [1.29, 1.82) is 0 Å². The van der Waals surface area contributed by atoms with Crippen LogP contribution in [0.5, 0.6) is 0 Å². The zero-order valence-corrected chi connectivity index (χ0v) is 9.66. The summed E-state index contributed by atoms with van der Waals surface area (Å²) in [6, 6.07) is 7.23. The normalized spacial score (nSPS) is 17.0. The van der Waals surface area contributed by atoms with Gasteiger partial charge in [0.25, 0.3) is 0 Å². The van der Waals surface area contributed by atoms with Gasteiger partial charge in [0.05, 0.1) is 5.69 Å². The van der Waals surface area contributed by atoms with E-state index in [4.69, 9.17) is 0 Å². The van der Waals surface area contributed by atoms with Gasteiger partial charge in [-0.1, -0.05) is 22.0 Å². The van der Waals surface area contributed by atoms with Gasteiger partial charge in [-0.2, -0.15) is 0 Å². The van der Waals surface area contributed by atoms with Gasteiger partial charge in [0.1, 0.15) is 0 Å². The lowest BCUT2D eigenvalue weighted by atomic mass is 10.1. The lowest BCUT2D eigenvalue weighted by Crippen LogP contribution is -2.40. The topological polar surface area (TPSA) is 37.4 Å². The summed E-state index contributed by atoms with van der Waals surface area (Å²) < 4.78 is 0.867. The standard InChI is InChI=1S/C11H10BrNO2/c12-8-3-1-4-9(7-8)13-10(14)5-2-6-11(13)15/h1,3-4,7H,2,5-6H2. The molecule has 0 aliphatic carbocycles. The van der Waals surface area contributed by atoms with Crippen LogP contribution in [-0.4, -0.2) is 11.8 Å². The molecule has 1 aliphatic rings. The van der Waals surface area contributed by atoms with Crippen molar-refractivity contribution in [3.05, 3.63) is 28.7 Å². The maximum atomic E-state index is 11.6. The Morgan fingerprint density at radius 2 is 1.80 bits per heavy atom. The van der Waals surface area contributed by atoms with Crippen LogP contribution in [0.1, 0.15) is 19.3 Å². The van der Waals surface area contributed by atoms with Crippen molar-refractivity contribution in [1.82, 2.24) is 0 Å². The Balaban J connectivity index is 2.35. The van der Waals surface area contributed by atoms with E-state index in [-0.39, 0.29) is 11.8 Å². The average molecular weight is 268 g/mol. The molecule has 1 aromatic carbocycles. The maximum Gasteiger partial charge on any atom is 0.233 e. The monoisotopic (exact) mass is 267 g/mol. The van der Waals surface area contributed by atoms with Gasteiger partial charge in [0.15, 0.2) is 0 Å². The van der Waals surface area contributed by atoms with Crippen LogP contribution in [0.25, 0.3) is 0 Å². The first-order valence-electron chi connectivity index (χ1n) is 4.80. The summed E-state index contributed by atoms with van der Waals surface area (Å²) in [5.41, 5.74) is 0.652. The second-order valence-corrected chi connectivity index (χ2v) is 4.37. The summed E-state index contributed by atoms with van der Waals surface area (Å²) in [6.07, 6.45) is 1.58.